The Morgan fingerprint density at radius 1 is 1.05 bits per heavy atom. The highest BCUT2D eigenvalue weighted by Gasteiger charge is 2.32. The van der Waals surface area contributed by atoms with Gasteiger partial charge in [0.2, 0.25) is 5.91 Å². The lowest BCUT2D eigenvalue weighted by Crippen LogP contribution is -2.42. The van der Waals surface area contributed by atoms with E-state index in [1.165, 1.54) is 0 Å². The lowest BCUT2D eigenvalue weighted by molar-refractivity contribution is -0.187. The van der Waals surface area contributed by atoms with Gasteiger partial charge in [-0.2, -0.15) is 18.2 Å². The van der Waals surface area contributed by atoms with Crippen LogP contribution in [0.3, 0.4) is 0 Å². The van der Waals surface area contributed by atoms with Gasteiger partial charge in [0.15, 0.2) is 5.58 Å². The number of halogens is 3. The molecule has 1 aromatic heterocycles. The number of oxazole rings is 1. The molecule has 2 atom stereocenters. The molecule has 11 heteroatoms. The van der Waals surface area contributed by atoms with Gasteiger partial charge in [0.25, 0.3) is 6.01 Å². The third kappa shape index (κ3) is 8.20. The minimum atomic E-state index is -4.60. The fourth-order valence-corrected chi connectivity index (χ4v) is 3.96. The van der Waals surface area contributed by atoms with Gasteiger partial charge in [0.1, 0.15) is 30.6 Å². The topological polar surface area (TPSA) is 97.1 Å². The van der Waals surface area contributed by atoms with Crippen molar-refractivity contribution >= 4 is 23.0 Å². The first kappa shape index (κ1) is 28.9. The highest BCUT2D eigenvalue weighted by molar-refractivity contribution is 5.81. The van der Waals surface area contributed by atoms with Crippen LogP contribution >= 0.6 is 0 Å². The second-order valence-corrected chi connectivity index (χ2v) is 9.15. The number of benzene rings is 3. The van der Waals surface area contributed by atoms with Crippen LogP contribution in [0.5, 0.6) is 5.75 Å². The molecule has 0 aliphatic rings. The van der Waals surface area contributed by atoms with E-state index in [0.29, 0.717) is 41.6 Å². The molecule has 0 fully saturated rings. The third-order valence-electron chi connectivity index (χ3n) is 6.09. The van der Waals surface area contributed by atoms with Gasteiger partial charge in [0.05, 0.1) is 19.2 Å². The molecular weight excluding hydrogens is 527 g/mol. The number of carbonyl (C=O) groups is 1. The largest absolute Gasteiger partial charge is 0.492 e. The van der Waals surface area contributed by atoms with Gasteiger partial charge in [-0.25, -0.2) is 0 Å². The van der Waals surface area contributed by atoms with Crippen LogP contribution < -0.4 is 15.0 Å². The molecule has 4 rings (SSSR count). The Morgan fingerprint density at radius 3 is 2.42 bits per heavy atom. The van der Waals surface area contributed by atoms with E-state index in [0.717, 1.165) is 5.52 Å². The summed E-state index contributed by atoms with van der Waals surface area (Å²) >= 11 is 0. The van der Waals surface area contributed by atoms with Gasteiger partial charge >= 0.3 is 6.18 Å². The minimum absolute atomic E-state index is 0.102. The monoisotopic (exact) mass is 557 g/mol. The normalized spacial score (nSPS) is 13.1. The van der Waals surface area contributed by atoms with Crippen molar-refractivity contribution in [3.05, 3.63) is 90.0 Å². The number of aliphatic hydroxyl groups is 1. The highest BCUT2D eigenvalue weighted by atomic mass is 19.4. The van der Waals surface area contributed by atoms with Gasteiger partial charge < -0.3 is 29.2 Å². The van der Waals surface area contributed by atoms with Crippen LogP contribution in [0.15, 0.2) is 83.3 Å². The number of amides is 1. The van der Waals surface area contributed by atoms with E-state index >= 15 is 0 Å². The number of alkyl halides is 3. The Hall–Kier alpha value is -4.09. The number of hydrogen-bond acceptors (Lipinski definition) is 7. The van der Waals surface area contributed by atoms with Crippen LogP contribution in [-0.4, -0.2) is 61.7 Å². The summed E-state index contributed by atoms with van der Waals surface area (Å²) in [6.07, 6.45) is -6.12. The Bertz CT molecular complexity index is 1330. The molecule has 0 bridgehead atoms. The van der Waals surface area contributed by atoms with Gasteiger partial charge in [-0.1, -0.05) is 54.6 Å². The SMILES string of the molecule is CN(CCOc1ccc(CC(OCC(F)(F)F)C(=O)NC(CO)c2ccccc2)cc1)c1nc2ccccc2o1. The molecule has 0 aliphatic heterocycles. The first-order chi connectivity index (χ1) is 19.2. The smallest absolute Gasteiger partial charge is 0.411 e. The maximum atomic E-state index is 12.9. The molecule has 212 valence electrons. The lowest BCUT2D eigenvalue weighted by Gasteiger charge is -2.23. The first-order valence-corrected chi connectivity index (χ1v) is 12.6. The van der Waals surface area contributed by atoms with E-state index in [4.69, 9.17) is 13.9 Å². The zero-order chi connectivity index (χ0) is 28.5. The van der Waals surface area contributed by atoms with Crippen LogP contribution in [-0.2, 0) is 16.0 Å². The molecule has 3 aromatic carbocycles. The van der Waals surface area contributed by atoms with Crippen LogP contribution in [0.1, 0.15) is 17.2 Å². The molecule has 4 aromatic rings. The van der Waals surface area contributed by atoms with Crippen molar-refractivity contribution in [1.29, 1.82) is 0 Å². The number of fused-ring (bicyclic) bond motifs is 1. The lowest BCUT2D eigenvalue weighted by atomic mass is 10.0. The highest BCUT2D eigenvalue weighted by Crippen LogP contribution is 2.22. The molecule has 2 unspecified atom stereocenters. The molecule has 8 nitrogen and oxygen atoms in total. The Kier molecular flexibility index (Phi) is 9.62. The summed E-state index contributed by atoms with van der Waals surface area (Å²) in [6, 6.07) is 22.5. The predicted molar refractivity (Wildman–Crippen MR) is 143 cm³/mol. The average molecular weight is 558 g/mol. The zero-order valence-corrected chi connectivity index (χ0v) is 21.8. The van der Waals surface area contributed by atoms with E-state index in [9.17, 15) is 23.1 Å². The maximum Gasteiger partial charge on any atom is 0.411 e. The summed E-state index contributed by atoms with van der Waals surface area (Å²) in [5.74, 6) is -0.203. The molecule has 0 saturated carbocycles. The van der Waals surface area contributed by atoms with Crippen LogP contribution in [0.25, 0.3) is 11.1 Å². The van der Waals surface area contributed by atoms with Crippen LogP contribution in [0.4, 0.5) is 19.2 Å². The molecule has 1 amide bonds. The second kappa shape index (κ2) is 13.3. The van der Waals surface area contributed by atoms with Gasteiger partial charge in [-0.15, -0.1) is 0 Å². The van der Waals surface area contributed by atoms with Crippen molar-refractivity contribution in [2.24, 2.45) is 0 Å². The molecule has 0 aliphatic carbocycles. The Balaban J connectivity index is 1.33. The average Bonchev–Trinajstić information content (AvgIpc) is 3.39. The third-order valence-corrected chi connectivity index (χ3v) is 6.09. The maximum absolute atomic E-state index is 12.9. The number of nitrogens with zero attached hydrogens (tertiary/aromatic N) is 2. The van der Waals surface area contributed by atoms with Crippen molar-refractivity contribution in [2.45, 2.75) is 24.7 Å². The number of rotatable bonds is 13. The van der Waals surface area contributed by atoms with Gasteiger partial charge in [0, 0.05) is 13.5 Å². The standard InChI is InChI=1S/C29H30F3N3O5/c1-35(28-34-23-9-5-6-10-25(23)40-28)15-16-38-22-13-11-20(12-14-22)17-26(39-19-29(30,31)32)27(37)33-24(18-36)21-7-3-2-4-8-21/h2-14,24,26,36H,15-19H2,1H3,(H,33,37). The summed E-state index contributed by atoms with van der Waals surface area (Å²) in [5, 5.41) is 12.3. The molecule has 0 spiro atoms. The summed E-state index contributed by atoms with van der Waals surface area (Å²) in [6.45, 7) is -1.17. The number of nitrogens with one attached hydrogen (secondary N) is 1. The Labute approximate surface area is 229 Å². The van der Waals surface area contributed by atoms with Crippen molar-refractivity contribution in [3.63, 3.8) is 0 Å². The van der Waals surface area contributed by atoms with Crippen molar-refractivity contribution < 1.29 is 37.0 Å². The molecule has 1 heterocycles. The van der Waals surface area contributed by atoms with Crippen molar-refractivity contribution in [1.82, 2.24) is 10.3 Å². The summed E-state index contributed by atoms with van der Waals surface area (Å²) in [4.78, 5) is 19.2. The van der Waals surface area contributed by atoms with Gasteiger partial charge in [-0.3, -0.25) is 4.79 Å². The number of aromatic nitrogens is 1. The Morgan fingerprint density at radius 2 is 1.75 bits per heavy atom. The van der Waals surface area contributed by atoms with E-state index in [2.05, 4.69) is 10.3 Å². The molecular formula is C29H30F3N3O5. The first-order valence-electron chi connectivity index (χ1n) is 12.6. The number of hydrogen-bond donors (Lipinski definition) is 2. The zero-order valence-electron chi connectivity index (χ0n) is 21.8. The predicted octanol–water partition coefficient (Wildman–Crippen LogP) is 4.68. The van der Waals surface area contributed by atoms with E-state index in [1.807, 2.05) is 36.2 Å². The molecule has 0 radical (unpaired) electrons. The van der Waals surface area contributed by atoms with E-state index in [-0.39, 0.29) is 6.42 Å². The fraction of sp³-hybridized carbons (Fsp3) is 0.310. The number of ether oxygens (including phenoxy) is 2. The summed E-state index contributed by atoms with van der Waals surface area (Å²) < 4.78 is 55.1. The van der Waals surface area contributed by atoms with Crippen LogP contribution in [0.2, 0.25) is 0 Å². The second-order valence-electron chi connectivity index (χ2n) is 9.15. The number of likely N-dealkylation sites (N-methyl/N-ethyl adjacent to an activating group) is 1. The van der Waals surface area contributed by atoms with E-state index in [1.54, 1.807) is 54.6 Å². The minimum Gasteiger partial charge on any atom is -0.492 e. The van der Waals surface area contributed by atoms with E-state index < -0.39 is 37.4 Å². The van der Waals surface area contributed by atoms with Crippen molar-refractivity contribution in [3.8, 4) is 5.75 Å². The molecule has 0 saturated heterocycles. The number of anilines is 1. The molecule has 40 heavy (non-hydrogen) atoms. The quantitative estimate of drug-likeness (QED) is 0.246. The van der Waals surface area contributed by atoms with Crippen LogP contribution in [0, 0.1) is 0 Å². The fourth-order valence-electron chi connectivity index (χ4n) is 3.96. The number of aliphatic hydroxyl groups excluding tert-OH is 1. The summed E-state index contributed by atoms with van der Waals surface area (Å²) in [7, 11) is 1.84. The van der Waals surface area contributed by atoms with Gasteiger partial charge in [-0.05, 0) is 35.4 Å². The number of para-hydroxylation sites is 2. The summed E-state index contributed by atoms with van der Waals surface area (Å²) in [5.41, 5.74) is 2.66. The van der Waals surface area contributed by atoms with Crippen molar-refractivity contribution in [2.75, 3.05) is 38.3 Å². The number of carbonyl (C=O) groups excluding carboxylic acids is 1. The molecule has 2 N–H and O–H groups in total.